The van der Waals surface area contributed by atoms with E-state index in [4.69, 9.17) is 9.47 Å². The van der Waals surface area contributed by atoms with Gasteiger partial charge in [0, 0.05) is 6.61 Å². The van der Waals surface area contributed by atoms with Gasteiger partial charge in [0.05, 0.1) is 0 Å². The molecule has 0 aliphatic rings. The fourth-order valence-corrected chi connectivity index (χ4v) is 2.31. The molecule has 0 heterocycles. The lowest BCUT2D eigenvalue weighted by molar-refractivity contribution is -0.144. The average Bonchev–Trinajstić information content (AvgIpc) is 2.57. The van der Waals surface area contributed by atoms with Gasteiger partial charge in [-0.05, 0) is 31.6 Å². The van der Waals surface area contributed by atoms with Gasteiger partial charge >= 0.3 is 5.97 Å². The summed E-state index contributed by atoms with van der Waals surface area (Å²) in [6.45, 7) is 4.69. The van der Waals surface area contributed by atoms with Crippen molar-refractivity contribution in [3.05, 3.63) is 42.5 Å². The van der Waals surface area contributed by atoms with Crippen molar-refractivity contribution in [2.45, 2.75) is 64.9 Å². The minimum atomic E-state index is -0.625. The lowest BCUT2D eigenvalue weighted by Gasteiger charge is -2.13. The second kappa shape index (κ2) is 12.9. The molecular weight excluding hydrogens is 288 g/mol. The van der Waals surface area contributed by atoms with Crippen LogP contribution < -0.4 is 4.74 Å². The summed E-state index contributed by atoms with van der Waals surface area (Å²) in [4.78, 5) is 12.1. The average molecular weight is 318 g/mol. The Morgan fingerprint density at radius 1 is 1.04 bits per heavy atom. The molecule has 1 atom stereocenters. The van der Waals surface area contributed by atoms with Gasteiger partial charge in [-0.15, -0.1) is 0 Å². The molecule has 0 radical (unpaired) electrons. The quantitative estimate of drug-likeness (QED) is 0.227. The number of esters is 1. The summed E-state index contributed by atoms with van der Waals surface area (Å²) >= 11 is 0. The predicted octanol–water partition coefficient (Wildman–Crippen LogP) is 5.30. The van der Waals surface area contributed by atoms with Crippen molar-refractivity contribution in [1.29, 1.82) is 0 Å². The van der Waals surface area contributed by atoms with Gasteiger partial charge in [0.1, 0.15) is 5.75 Å². The van der Waals surface area contributed by atoms with Gasteiger partial charge in [0.25, 0.3) is 0 Å². The molecule has 0 aliphatic heterocycles. The first-order valence-electron chi connectivity index (χ1n) is 8.79. The monoisotopic (exact) mass is 318 g/mol. The highest BCUT2D eigenvalue weighted by atomic mass is 16.6. The zero-order valence-corrected chi connectivity index (χ0v) is 14.5. The minimum absolute atomic E-state index is 0.364. The summed E-state index contributed by atoms with van der Waals surface area (Å²) in [6.07, 6.45) is 11.5. The number of carbonyl (C=O) groups is 1. The van der Waals surface area contributed by atoms with Crippen LogP contribution in [0.1, 0.15) is 58.8 Å². The number of hydrogen-bond acceptors (Lipinski definition) is 3. The van der Waals surface area contributed by atoms with Crippen molar-refractivity contribution in [3.63, 3.8) is 0 Å². The molecule has 0 saturated heterocycles. The zero-order valence-electron chi connectivity index (χ0n) is 14.5. The Kier molecular flexibility index (Phi) is 10.9. The van der Waals surface area contributed by atoms with Crippen LogP contribution in [0.3, 0.4) is 0 Å². The first kappa shape index (κ1) is 19.4. The highest BCUT2D eigenvalue weighted by molar-refractivity contribution is 5.79. The summed E-state index contributed by atoms with van der Waals surface area (Å²) in [5.41, 5.74) is 0. The second-order valence-electron chi connectivity index (χ2n) is 5.67. The van der Waals surface area contributed by atoms with Crippen molar-refractivity contribution in [1.82, 2.24) is 0 Å². The van der Waals surface area contributed by atoms with Gasteiger partial charge in [0.15, 0.2) is 6.10 Å². The Labute approximate surface area is 140 Å². The van der Waals surface area contributed by atoms with Crippen LogP contribution in [0.2, 0.25) is 0 Å². The van der Waals surface area contributed by atoms with Crippen molar-refractivity contribution in [2.75, 3.05) is 6.61 Å². The standard InChI is InChI=1S/C20H30O3/c1-3-5-6-7-8-9-13-17-22-19(14-4-2)20(21)23-18-15-11-10-12-16-18/h4,10-12,14-16,19H,3,5-9,13,17H2,1-2H3/b14-4+. The van der Waals surface area contributed by atoms with Crippen molar-refractivity contribution in [3.8, 4) is 5.75 Å². The van der Waals surface area contributed by atoms with Crippen molar-refractivity contribution >= 4 is 5.97 Å². The van der Waals surface area contributed by atoms with Gasteiger partial charge < -0.3 is 9.47 Å². The molecule has 0 amide bonds. The van der Waals surface area contributed by atoms with Crippen LogP contribution in [-0.4, -0.2) is 18.7 Å². The van der Waals surface area contributed by atoms with E-state index in [1.807, 2.05) is 31.2 Å². The number of carbonyl (C=O) groups excluding carboxylic acids is 1. The molecule has 1 aromatic rings. The molecule has 23 heavy (non-hydrogen) atoms. The second-order valence-corrected chi connectivity index (χ2v) is 5.67. The van der Waals surface area contributed by atoms with Gasteiger partial charge in [-0.2, -0.15) is 0 Å². The van der Waals surface area contributed by atoms with Crippen molar-refractivity contribution in [2.24, 2.45) is 0 Å². The zero-order chi connectivity index (χ0) is 16.8. The fraction of sp³-hybridized carbons (Fsp3) is 0.550. The van der Waals surface area contributed by atoms with Crippen LogP contribution in [0.5, 0.6) is 5.75 Å². The molecule has 3 heteroatoms. The predicted molar refractivity (Wildman–Crippen MR) is 94.6 cm³/mol. The Balaban J connectivity index is 2.25. The Morgan fingerprint density at radius 2 is 1.70 bits per heavy atom. The van der Waals surface area contributed by atoms with Crippen LogP contribution in [0.15, 0.2) is 42.5 Å². The van der Waals surface area contributed by atoms with E-state index >= 15 is 0 Å². The van der Waals surface area contributed by atoms with Gasteiger partial charge in [-0.25, -0.2) is 4.79 Å². The molecule has 0 spiro atoms. The van der Waals surface area contributed by atoms with E-state index in [-0.39, 0.29) is 5.97 Å². The third-order valence-corrected chi connectivity index (χ3v) is 3.61. The Bertz CT molecular complexity index is 439. The maximum atomic E-state index is 12.1. The van der Waals surface area contributed by atoms with Crippen LogP contribution in [-0.2, 0) is 9.53 Å². The number of unbranched alkanes of at least 4 members (excludes halogenated alkanes) is 6. The molecule has 1 aromatic carbocycles. The molecule has 1 unspecified atom stereocenters. The largest absolute Gasteiger partial charge is 0.424 e. The van der Waals surface area contributed by atoms with E-state index in [1.165, 1.54) is 32.1 Å². The Morgan fingerprint density at radius 3 is 2.35 bits per heavy atom. The van der Waals surface area contributed by atoms with Crippen LogP contribution in [0.25, 0.3) is 0 Å². The number of ether oxygens (including phenoxy) is 2. The summed E-state index contributed by atoms with van der Waals surface area (Å²) in [5, 5.41) is 0. The summed E-state index contributed by atoms with van der Waals surface area (Å²) < 4.78 is 11.0. The van der Waals surface area contributed by atoms with E-state index in [0.29, 0.717) is 12.4 Å². The fourth-order valence-electron chi connectivity index (χ4n) is 2.31. The lowest BCUT2D eigenvalue weighted by atomic mass is 10.1. The minimum Gasteiger partial charge on any atom is -0.424 e. The summed E-state index contributed by atoms with van der Waals surface area (Å²) in [7, 11) is 0. The molecule has 3 nitrogen and oxygen atoms in total. The molecule has 0 N–H and O–H groups in total. The van der Waals surface area contributed by atoms with E-state index in [0.717, 1.165) is 12.8 Å². The molecule has 0 saturated carbocycles. The summed E-state index contributed by atoms with van der Waals surface area (Å²) in [5.74, 6) is 0.184. The SMILES string of the molecule is C/C=C/C(OCCCCCCCCC)C(=O)Oc1ccccc1. The normalized spacial score (nSPS) is 12.4. The highest BCUT2D eigenvalue weighted by Crippen LogP contribution is 2.12. The number of rotatable bonds is 12. The first-order chi connectivity index (χ1) is 11.3. The Hall–Kier alpha value is -1.61. The highest BCUT2D eigenvalue weighted by Gasteiger charge is 2.18. The van der Waals surface area contributed by atoms with E-state index in [9.17, 15) is 4.79 Å². The smallest absolute Gasteiger partial charge is 0.344 e. The molecule has 0 fully saturated rings. The molecule has 0 aliphatic carbocycles. The van der Waals surface area contributed by atoms with Gasteiger partial charge in [-0.3, -0.25) is 0 Å². The lowest BCUT2D eigenvalue weighted by Crippen LogP contribution is -2.27. The third-order valence-electron chi connectivity index (χ3n) is 3.61. The number of para-hydroxylation sites is 1. The van der Waals surface area contributed by atoms with E-state index in [1.54, 1.807) is 18.2 Å². The maximum absolute atomic E-state index is 12.1. The van der Waals surface area contributed by atoms with E-state index in [2.05, 4.69) is 6.92 Å². The maximum Gasteiger partial charge on any atom is 0.344 e. The summed E-state index contributed by atoms with van der Waals surface area (Å²) in [6, 6.07) is 9.10. The third kappa shape index (κ3) is 9.19. The first-order valence-corrected chi connectivity index (χ1v) is 8.79. The van der Waals surface area contributed by atoms with Crippen LogP contribution in [0, 0.1) is 0 Å². The molecule has 1 rings (SSSR count). The van der Waals surface area contributed by atoms with Crippen molar-refractivity contribution < 1.29 is 14.3 Å². The molecule has 0 bridgehead atoms. The molecular formula is C20H30O3. The topological polar surface area (TPSA) is 35.5 Å². The van der Waals surface area contributed by atoms with Gasteiger partial charge in [-0.1, -0.05) is 69.7 Å². The number of benzene rings is 1. The van der Waals surface area contributed by atoms with Crippen LogP contribution >= 0.6 is 0 Å². The number of allylic oxidation sites excluding steroid dienone is 1. The van der Waals surface area contributed by atoms with Gasteiger partial charge in [0.2, 0.25) is 0 Å². The van der Waals surface area contributed by atoms with E-state index < -0.39 is 6.10 Å². The molecule has 128 valence electrons. The van der Waals surface area contributed by atoms with Crippen LogP contribution in [0.4, 0.5) is 0 Å². The molecule has 0 aromatic heterocycles. The number of hydrogen-bond donors (Lipinski definition) is 0.